The predicted octanol–water partition coefficient (Wildman–Crippen LogP) is 4.96. The summed E-state index contributed by atoms with van der Waals surface area (Å²) in [6, 6.07) is 15.4. The first-order chi connectivity index (χ1) is 15.5. The topological polar surface area (TPSA) is 58.6 Å². The molecule has 2 rings (SSSR count). The number of nitrogens with one attached hydrogen (secondary N) is 1. The molecule has 0 aliphatic rings. The maximum absolute atomic E-state index is 13.3. The number of aryl methyl sites for hydroxylation is 1. The van der Waals surface area contributed by atoms with Crippen LogP contribution < -0.4 is 10.1 Å². The molecular weight excluding hydrogens is 420 g/mol. The third-order valence-corrected chi connectivity index (χ3v) is 6.44. The fourth-order valence-electron chi connectivity index (χ4n) is 3.46. The first kappa shape index (κ1) is 25.8. The second kappa shape index (κ2) is 13.8. The molecule has 0 aliphatic carbocycles. The summed E-state index contributed by atoms with van der Waals surface area (Å²) < 4.78 is 5.24. The largest absolute Gasteiger partial charge is 0.497 e. The minimum absolute atomic E-state index is 0.0168. The van der Waals surface area contributed by atoms with Crippen LogP contribution in [0.3, 0.4) is 0 Å². The highest BCUT2D eigenvalue weighted by atomic mass is 32.2. The maximum Gasteiger partial charge on any atom is 0.242 e. The molecule has 0 aliphatic heterocycles. The molecule has 2 aromatic rings. The van der Waals surface area contributed by atoms with E-state index in [0.29, 0.717) is 25.3 Å². The lowest BCUT2D eigenvalue weighted by Crippen LogP contribution is -2.49. The molecule has 0 radical (unpaired) electrons. The van der Waals surface area contributed by atoms with E-state index in [-0.39, 0.29) is 11.8 Å². The molecule has 0 saturated carbocycles. The molecular formula is C26H36N2O3S. The van der Waals surface area contributed by atoms with Crippen molar-refractivity contribution in [3.8, 4) is 5.75 Å². The van der Waals surface area contributed by atoms with Crippen molar-refractivity contribution in [3.63, 3.8) is 0 Å². The summed E-state index contributed by atoms with van der Waals surface area (Å²) in [5, 5.41) is 3.00. The number of carbonyl (C=O) groups is 2. The van der Waals surface area contributed by atoms with E-state index in [4.69, 9.17) is 4.74 Å². The summed E-state index contributed by atoms with van der Waals surface area (Å²) in [6.07, 6.45) is 2.52. The van der Waals surface area contributed by atoms with Crippen LogP contribution in [0.4, 0.5) is 0 Å². The van der Waals surface area contributed by atoms with Gasteiger partial charge in [0.2, 0.25) is 11.8 Å². The van der Waals surface area contributed by atoms with Crippen molar-refractivity contribution in [2.24, 2.45) is 0 Å². The van der Waals surface area contributed by atoms with Crippen molar-refractivity contribution < 1.29 is 14.3 Å². The van der Waals surface area contributed by atoms with Crippen LogP contribution in [0.2, 0.25) is 0 Å². The van der Waals surface area contributed by atoms with Gasteiger partial charge < -0.3 is 15.0 Å². The first-order valence-electron chi connectivity index (χ1n) is 11.3. The Kier molecular flexibility index (Phi) is 11.2. The standard InChI is InChI=1S/C26H36N2O3S/c1-5-7-16-27-26(30)24(6-2)28(17-21-12-14-23(31-4)15-13-21)25(29)19-32-18-22-11-9-8-10-20(22)3/h8-15,24H,5-7,16-19H2,1-4H3,(H,27,30)/t24-/m1/s1. The zero-order valence-corrected chi connectivity index (χ0v) is 20.5. The van der Waals surface area contributed by atoms with Crippen molar-refractivity contribution in [2.45, 2.75) is 58.4 Å². The molecule has 32 heavy (non-hydrogen) atoms. The molecule has 5 nitrogen and oxygen atoms in total. The highest BCUT2D eigenvalue weighted by Gasteiger charge is 2.28. The number of unbranched alkanes of at least 4 members (excludes halogenated alkanes) is 1. The molecule has 2 amide bonds. The van der Waals surface area contributed by atoms with Gasteiger partial charge in [-0.3, -0.25) is 9.59 Å². The van der Waals surface area contributed by atoms with Gasteiger partial charge in [-0.15, -0.1) is 11.8 Å². The van der Waals surface area contributed by atoms with Gasteiger partial charge in [0.25, 0.3) is 0 Å². The van der Waals surface area contributed by atoms with Crippen molar-refractivity contribution in [1.82, 2.24) is 10.2 Å². The van der Waals surface area contributed by atoms with Gasteiger partial charge in [-0.1, -0.05) is 56.7 Å². The van der Waals surface area contributed by atoms with Gasteiger partial charge in [0.05, 0.1) is 12.9 Å². The summed E-state index contributed by atoms with van der Waals surface area (Å²) in [5.74, 6) is 1.78. The smallest absolute Gasteiger partial charge is 0.242 e. The lowest BCUT2D eigenvalue weighted by Gasteiger charge is -2.30. The number of thioether (sulfide) groups is 1. The second-order valence-electron chi connectivity index (χ2n) is 7.86. The van der Waals surface area contributed by atoms with Crippen molar-refractivity contribution >= 4 is 23.6 Å². The lowest BCUT2D eigenvalue weighted by molar-refractivity contribution is -0.139. The van der Waals surface area contributed by atoms with Gasteiger partial charge in [0.1, 0.15) is 11.8 Å². The van der Waals surface area contributed by atoms with Crippen molar-refractivity contribution in [3.05, 3.63) is 65.2 Å². The quantitative estimate of drug-likeness (QED) is 0.433. The number of carbonyl (C=O) groups excluding carboxylic acids is 2. The Balaban J connectivity index is 2.12. The minimum Gasteiger partial charge on any atom is -0.497 e. The Morgan fingerprint density at radius 1 is 1.09 bits per heavy atom. The summed E-state index contributed by atoms with van der Waals surface area (Å²) in [6.45, 7) is 7.17. The van der Waals surface area contributed by atoms with E-state index < -0.39 is 6.04 Å². The SMILES string of the molecule is CCCCNC(=O)[C@@H](CC)N(Cc1ccc(OC)cc1)C(=O)CSCc1ccccc1C. The maximum atomic E-state index is 13.3. The molecule has 0 saturated heterocycles. The van der Waals surface area contributed by atoms with Crippen LogP contribution in [0.15, 0.2) is 48.5 Å². The molecule has 6 heteroatoms. The van der Waals surface area contributed by atoms with Gasteiger partial charge in [-0.05, 0) is 48.6 Å². The normalized spacial score (nSPS) is 11.6. The van der Waals surface area contributed by atoms with E-state index in [1.165, 1.54) is 11.1 Å². The number of hydrogen-bond acceptors (Lipinski definition) is 4. The summed E-state index contributed by atoms with van der Waals surface area (Å²) in [7, 11) is 1.63. The highest BCUT2D eigenvalue weighted by Crippen LogP contribution is 2.20. The Labute approximate surface area is 196 Å². The average molecular weight is 457 g/mol. The molecule has 0 bridgehead atoms. The summed E-state index contributed by atoms with van der Waals surface area (Å²) in [4.78, 5) is 27.9. The van der Waals surface area contributed by atoms with Crippen molar-refractivity contribution in [2.75, 3.05) is 19.4 Å². The lowest BCUT2D eigenvalue weighted by atomic mass is 10.1. The Morgan fingerprint density at radius 2 is 1.81 bits per heavy atom. The Bertz CT molecular complexity index is 854. The van der Waals surface area contributed by atoms with Crippen LogP contribution in [0.25, 0.3) is 0 Å². The molecule has 0 spiro atoms. The molecule has 1 N–H and O–H groups in total. The van der Waals surface area contributed by atoms with E-state index in [9.17, 15) is 9.59 Å². The zero-order valence-electron chi connectivity index (χ0n) is 19.7. The molecule has 0 fully saturated rings. The number of benzene rings is 2. The van der Waals surface area contributed by atoms with E-state index >= 15 is 0 Å². The third kappa shape index (κ3) is 7.90. The minimum atomic E-state index is -0.486. The van der Waals surface area contributed by atoms with E-state index in [1.54, 1.807) is 23.8 Å². The van der Waals surface area contributed by atoms with Gasteiger partial charge in [0.15, 0.2) is 0 Å². The summed E-state index contributed by atoms with van der Waals surface area (Å²) >= 11 is 1.59. The van der Waals surface area contributed by atoms with E-state index in [2.05, 4.69) is 31.3 Å². The van der Waals surface area contributed by atoms with Crippen molar-refractivity contribution in [1.29, 1.82) is 0 Å². The zero-order chi connectivity index (χ0) is 23.3. The fraction of sp³-hybridized carbons (Fsp3) is 0.462. The Morgan fingerprint density at radius 3 is 2.44 bits per heavy atom. The van der Waals surface area contributed by atoms with Crippen LogP contribution >= 0.6 is 11.8 Å². The fourth-order valence-corrected chi connectivity index (χ4v) is 4.44. The highest BCUT2D eigenvalue weighted by molar-refractivity contribution is 7.99. The number of methoxy groups -OCH3 is 1. The van der Waals surface area contributed by atoms with Crippen LogP contribution in [0.1, 0.15) is 49.8 Å². The monoisotopic (exact) mass is 456 g/mol. The van der Waals surface area contributed by atoms with Gasteiger partial charge in [-0.2, -0.15) is 0 Å². The Hall–Kier alpha value is -2.47. The second-order valence-corrected chi connectivity index (χ2v) is 8.84. The number of ether oxygens (including phenoxy) is 1. The van der Waals surface area contributed by atoms with Crippen LogP contribution in [0.5, 0.6) is 5.75 Å². The number of nitrogens with zero attached hydrogens (tertiary/aromatic N) is 1. The molecule has 1 atom stereocenters. The molecule has 0 heterocycles. The van der Waals surface area contributed by atoms with Crippen LogP contribution in [-0.2, 0) is 21.9 Å². The number of amides is 2. The van der Waals surface area contributed by atoms with E-state index in [0.717, 1.165) is 29.9 Å². The van der Waals surface area contributed by atoms with Gasteiger partial charge >= 0.3 is 0 Å². The molecule has 2 aromatic carbocycles. The molecule has 0 unspecified atom stereocenters. The number of hydrogen-bond donors (Lipinski definition) is 1. The van der Waals surface area contributed by atoms with E-state index in [1.807, 2.05) is 43.3 Å². The number of rotatable bonds is 13. The van der Waals surface area contributed by atoms with Gasteiger partial charge in [0, 0.05) is 18.8 Å². The molecule has 0 aromatic heterocycles. The third-order valence-electron chi connectivity index (χ3n) is 5.47. The summed E-state index contributed by atoms with van der Waals surface area (Å²) in [5.41, 5.74) is 3.43. The first-order valence-corrected chi connectivity index (χ1v) is 12.5. The van der Waals surface area contributed by atoms with Crippen LogP contribution in [0, 0.1) is 6.92 Å². The molecule has 174 valence electrons. The van der Waals surface area contributed by atoms with Crippen LogP contribution in [-0.4, -0.2) is 42.2 Å². The predicted molar refractivity (Wildman–Crippen MR) is 133 cm³/mol. The average Bonchev–Trinajstić information content (AvgIpc) is 2.80. The van der Waals surface area contributed by atoms with Gasteiger partial charge in [-0.25, -0.2) is 0 Å².